The molecule has 5 rings (SSSR count). The number of fused-ring (bicyclic) bond motifs is 1. The molecule has 1 aliphatic heterocycles. The van der Waals surface area contributed by atoms with Crippen LogP contribution in [0, 0.1) is 5.92 Å². The fourth-order valence-corrected chi connectivity index (χ4v) is 3.78. The number of pyridine rings is 1. The maximum Gasteiger partial charge on any atom is 0.228 e. The summed E-state index contributed by atoms with van der Waals surface area (Å²) in [5.74, 6) is 1.61. The van der Waals surface area contributed by atoms with Gasteiger partial charge in [0.05, 0.1) is 11.7 Å². The van der Waals surface area contributed by atoms with Crippen molar-refractivity contribution >= 4 is 17.2 Å². The molecule has 2 fully saturated rings. The van der Waals surface area contributed by atoms with Crippen LogP contribution in [-0.2, 0) is 11.8 Å². The van der Waals surface area contributed by atoms with Crippen LogP contribution < -0.4 is 10.1 Å². The molecule has 2 aliphatic rings. The number of amides is 1. The zero-order chi connectivity index (χ0) is 19.3. The number of nitrogens with zero attached hydrogens (tertiary/aromatic N) is 5. The number of likely N-dealkylation sites (tertiary alicyclic amines) is 1. The van der Waals surface area contributed by atoms with Gasteiger partial charge in [0.1, 0.15) is 11.8 Å². The van der Waals surface area contributed by atoms with E-state index in [2.05, 4.69) is 27.5 Å². The lowest BCUT2D eigenvalue weighted by atomic mass is 10.1. The van der Waals surface area contributed by atoms with Gasteiger partial charge in [0.2, 0.25) is 5.91 Å². The number of carbonyl (C=O) groups excluding carboxylic acids is 1. The molecule has 28 heavy (non-hydrogen) atoms. The maximum atomic E-state index is 12.0. The van der Waals surface area contributed by atoms with E-state index in [1.165, 1.54) is 0 Å². The summed E-state index contributed by atoms with van der Waals surface area (Å²) in [6.07, 6.45) is 6.85. The second-order valence-electron chi connectivity index (χ2n) is 7.85. The lowest BCUT2D eigenvalue weighted by Crippen LogP contribution is -2.21. The number of likely N-dealkylation sites (N-methyl/N-ethyl adjacent to an activating group) is 1. The third-order valence-corrected chi connectivity index (χ3v) is 5.48. The van der Waals surface area contributed by atoms with Crippen LogP contribution >= 0.6 is 0 Å². The van der Waals surface area contributed by atoms with Crippen molar-refractivity contribution in [2.24, 2.45) is 13.0 Å². The summed E-state index contributed by atoms with van der Waals surface area (Å²) >= 11 is 0. The number of aryl methyl sites for hydroxylation is 1. The SMILES string of the molecule is CN1CC[C@H](Oc2cnn(C)c2-c2ccn3nc(NC(=O)C4CC4)cc3c2)C1. The maximum absolute atomic E-state index is 12.0. The van der Waals surface area contributed by atoms with E-state index in [0.717, 1.165) is 54.9 Å². The molecule has 0 unspecified atom stereocenters. The fourth-order valence-electron chi connectivity index (χ4n) is 3.78. The summed E-state index contributed by atoms with van der Waals surface area (Å²) in [7, 11) is 4.03. The smallest absolute Gasteiger partial charge is 0.228 e. The van der Waals surface area contributed by atoms with Crippen LogP contribution in [0.4, 0.5) is 5.82 Å². The molecule has 1 aliphatic carbocycles. The Labute approximate surface area is 163 Å². The van der Waals surface area contributed by atoms with Gasteiger partial charge in [-0.25, -0.2) is 4.52 Å². The monoisotopic (exact) mass is 380 g/mol. The van der Waals surface area contributed by atoms with Crippen LogP contribution in [-0.4, -0.2) is 56.4 Å². The zero-order valence-electron chi connectivity index (χ0n) is 16.1. The molecule has 1 saturated heterocycles. The van der Waals surface area contributed by atoms with E-state index in [1.54, 1.807) is 10.7 Å². The Hall–Kier alpha value is -2.87. The second-order valence-corrected chi connectivity index (χ2v) is 7.85. The summed E-state index contributed by atoms with van der Waals surface area (Å²) in [6, 6.07) is 5.94. The molecule has 3 aromatic heterocycles. The normalized spacial score (nSPS) is 20.0. The first-order valence-corrected chi connectivity index (χ1v) is 9.75. The lowest BCUT2D eigenvalue weighted by molar-refractivity contribution is -0.117. The van der Waals surface area contributed by atoms with Gasteiger partial charge in [-0.3, -0.25) is 9.48 Å². The van der Waals surface area contributed by atoms with E-state index >= 15 is 0 Å². The molecule has 1 saturated carbocycles. The average Bonchev–Trinajstić information content (AvgIpc) is 3.19. The molecule has 3 aromatic rings. The van der Waals surface area contributed by atoms with Crippen molar-refractivity contribution in [1.29, 1.82) is 0 Å². The third-order valence-electron chi connectivity index (χ3n) is 5.48. The topological polar surface area (TPSA) is 76.7 Å². The first-order chi connectivity index (χ1) is 13.6. The fraction of sp³-hybridized carbons (Fsp3) is 0.450. The number of aromatic nitrogens is 4. The molecule has 0 spiro atoms. The Morgan fingerprint density at radius 1 is 1.25 bits per heavy atom. The van der Waals surface area contributed by atoms with Crippen molar-refractivity contribution in [2.45, 2.75) is 25.4 Å². The molecule has 8 heteroatoms. The Bertz CT molecular complexity index is 1030. The summed E-state index contributed by atoms with van der Waals surface area (Å²) in [5.41, 5.74) is 2.87. The number of rotatable bonds is 5. The van der Waals surface area contributed by atoms with E-state index < -0.39 is 0 Å². The number of ether oxygens (including phenoxy) is 1. The highest BCUT2D eigenvalue weighted by Gasteiger charge is 2.30. The van der Waals surface area contributed by atoms with E-state index in [1.807, 2.05) is 36.1 Å². The Morgan fingerprint density at radius 2 is 2.11 bits per heavy atom. The van der Waals surface area contributed by atoms with Gasteiger partial charge in [-0.1, -0.05) is 0 Å². The molecule has 0 bridgehead atoms. The Morgan fingerprint density at radius 3 is 2.86 bits per heavy atom. The molecular formula is C20H24N6O2. The van der Waals surface area contributed by atoms with Crippen LogP contribution in [0.15, 0.2) is 30.6 Å². The molecular weight excluding hydrogens is 356 g/mol. The average molecular weight is 380 g/mol. The third kappa shape index (κ3) is 3.24. The van der Waals surface area contributed by atoms with Crippen molar-refractivity contribution < 1.29 is 9.53 Å². The highest BCUT2D eigenvalue weighted by atomic mass is 16.5. The lowest BCUT2D eigenvalue weighted by Gasteiger charge is -2.14. The van der Waals surface area contributed by atoms with Gasteiger partial charge in [-0.05, 0) is 38.4 Å². The molecule has 1 N–H and O–H groups in total. The zero-order valence-corrected chi connectivity index (χ0v) is 16.1. The Balaban J connectivity index is 1.42. The summed E-state index contributed by atoms with van der Waals surface area (Å²) in [5, 5.41) is 11.8. The molecule has 146 valence electrons. The van der Waals surface area contributed by atoms with Gasteiger partial charge in [-0.2, -0.15) is 10.2 Å². The predicted octanol–water partition coefficient (Wildman–Crippen LogP) is 2.17. The number of anilines is 1. The quantitative estimate of drug-likeness (QED) is 0.734. The number of carbonyl (C=O) groups is 1. The molecule has 0 radical (unpaired) electrons. The van der Waals surface area contributed by atoms with Crippen LogP contribution in [0.3, 0.4) is 0 Å². The summed E-state index contributed by atoms with van der Waals surface area (Å²) < 4.78 is 9.86. The molecule has 1 amide bonds. The highest BCUT2D eigenvalue weighted by molar-refractivity contribution is 5.93. The van der Waals surface area contributed by atoms with Gasteiger partial charge < -0.3 is 15.0 Å². The van der Waals surface area contributed by atoms with Gasteiger partial charge in [0.15, 0.2) is 11.6 Å². The summed E-state index contributed by atoms with van der Waals surface area (Å²) in [6.45, 7) is 1.98. The van der Waals surface area contributed by atoms with E-state index in [-0.39, 0.29) is 17.9 Å². The molecule has 4 heterocycles. The Kier molecular flexibility index (Phi) is 4.08. The minimum atomic E-state index is 0.0625. The van der Waals surface area contributed by atoms with Crippen LogP contribution in [0.1, 0.15) is 19.3 Å². The van der Waals surface area contributed by atoms with Crippen molar-refractivity contribution in [3.63, 3.8) is 0 Å². The van der Waals surface area contributed by atoms with E-state index in [4.69, 9.17) is 4.74 Å². The first-order valence-electron chi connectivity index (χ1n) is 9.75. The van der Waals surface area contributed by atoms with Crippen LogP contribution in [0.2, 0.25) is 0 Å². The van der Waals surface area contributed by atoms with Gasteiger partial charge in [0.25, 0.3) is 0 Å². The minimum absolute atomic E-state index is 0.0625. The van der Waals surface area contributed by atoms with Crippen molar-refractivity contribution in [1.82, 2.24) is 24.3 Å². The molecule has 0 aromatic carbocycles. The highest BCUT2D eigenvalue weighted by Crippen LogP contribution is 2.33. The van der Waals surface area contributed by atoms with Crippen molar-refractivity contribution in [3.8, 4) is 17.0 Å². The predicted molar refractivity (Wildman–Crippen MR) is 105 cm³/mol. The van der Waals surface area contributed by atoms with Crippen molar-refractivity contribution in [3.05, 3.63) is 30.6 Å². The largest absolute Gasteiger partial charge is 0.485 e. The van der Waals surface area contributed by atoms with Crippen LogP contribution in [0.25, 0.3) is 16.8 Å². The van der Waals surface area contributed by atoms with Crippen LogP contribution in [0.5, 0.6) is 5.75 Å². The molecule has 8 nitrogen and oxygen atoms in total. The van der Waals surface area contributed by atoms with Gasteiger partial charge in [0, 0.05) is 43.9 Å². The van der Waals surface area contributed by atoms with Gasteiger partial charge in [-0.15, -0.1) is 0 Å². The second kappa shape index (κ2) is 6.63. The number of hydrogen-bond donors (Lipinski definition) is 1. The van der Waals surface area contributed by atoms with E-state index in [0.29, 0.717) is 5.82 Å². The standard InChI is InChI=1S/C20H24N6O2/c1-24-7-6-16(12-24)28-17-11-21-25(2)19(17)14-5-8-26-15(9-14)10-18(23-26)22-20(27)13-3-4-13/h5,8-11,13,16H,3-4,6-7,12H2,1-2H3,(H,22,23,27)/t16-/m0/s1. The first kappa shape index (κ1) is 17.2. The van der Waals surface area contributed by atoms with Crippen molar-refractivity contribution in [2.75, 3.05) is 25.5 Å². The number of nitrogens with one attached hydrogen (secondary N) is 1. The van der Waals surface area contributed by atoms with Gasteiger partial charge >= 0.3 is 0 Å². The summed E-state index contributed by atoms with van der Waals surface area (Å²) in [4.78, 5) is 14.3. The number of hydrogen-bond acceptors (Lipinski definition) is 5. The molecule has 1 atom stereocenters. The minimum Gasteiger partial charge on any atom is -0.485 e. The van der Waals surface area contributed by atoms with E-state index in [9.17, 15) is 4.79 Å².